The van der Waals surface area contributed by atoms with Gasteiger partial charge in [-0.2, -0.15) is 5.10 Å². The number of nitrogens with zero attached hydrogens (tertiary/aromatic N) is 3. The summed E-state index contributed by atoms with van der Waals surface area (Å²) in [6, 6.07) is 16.7. The Balaban J connectivity index is 1.27. The number of amides is 2. The Morgan fingerprint density at radius 3 is 2.79 bits per heavy atom. The van der Waals surface area contributed by atoms with Crippen LogP contribution in [0.25, 0.3) is 5.69 Å². The van der Waals surface area contributed by atoms with Gasteiger partial charge in [-0.25, -0.2) is 14.5 Å². The fourth-order valence-corrected chi connectivity index (χ4v) is 3.22. The lowest BCUT2D eigenvalue weighted by Gasteiger charge is -2.10. The van der Waals surface area contributed by atoms with Crippen LogP contribution in [-0.4, -0.2) is 20.8 Å². The third kappa shape index (κ3) is 5.20. The van der Waals surface area contributed by atoms with E-state index in [-0.39, 0.29) is 6.03 Å². The van der Waals surface area contributed by atoms with E-state index in [1.807, 2.05) is 60.1 Å². The van der Waals surface area contributed by atoms with E-state index in [9.17, 15) is 4.79 Å². The van der Waals surface area contributed by atoms with Gasteiger partial charge < -0.3 is 15.4 Å². The van der Waals surface area contributed by atoms with Crippen molar-refractivity contribution < 1.29 is 9.53 Å². The molecule has 29 heavy (non-hydrogen) atoms. The highest BCUT2D eigenvalue weighted by molar-refractivity contribution is 7.07. The van der Waals surface area contributed by atoms with Gasteiger partial charge in [-0.15, -0.1) is 11.3 Å². The molecule has 4 aromatic rings. The molecule has 0 aliphatic carbocycles. The van der Waals surface area contributed by atoms with Gasteiger partial charge in [-0.3, -0.25) is 0 Å². The minimum atomic E-state index is -0.280. The van der Waals surface area contributed by atoms with Crippen LogP contribution in [-0.2, 0) is 13.2 Å². The van der Waals surface area contributed by atoms with Gasteiger partial charge in [0, 0.05) is 36.1 Å². The molecule has 7 nitrogen and oxygen atoms in total. The average Bonchev–Trinajstić information content (AvgIpc) is 3.46. The summed E-state index contributed by atoms with van der Waals surface area (Å²) in [5, 5.41) is 11.8. The van der Waals surface area contributed by atoms with E-state index in [1.54, 1.807) is 22.5 Å². The number of rotatable bonds is 7. The Hall–Kier alpha value is -3.65. The van der Waals surface area contributed by atoms with Crippen LogP contribution in [0.5, 0.6) is 5.75 Å². The van der Waals surface area contributed by atoms with E-state index in [4.69, 9.17) is 4.74 Å². The maximum atomic E-state index is 12.2. The molecule has 0 aliphatic rings. The number of carbonyl (C=O) groups is 1. The summed E-state index contributed by atoms with van der Waals surface area (Å²) in [5.41, 5.74) is 5.28. The number of nitrogens with one attached hydrogen (secondary N) is 2. The zero-order valence-corrected chi connectivity index (χ0v) is 16.3. The third-order valence-corrected chi connectivity index (χ3v) is 4.76. The SMILES string of the molecule is O=C(NCc1ccc(-n2cccn2)cc1)Nc1cccc(OCc2cscn2)c1. The number of thiazole rings is 1. The van der Waals surface area contributed by atoms with E-state index in [2.05, 4.69) is 20.7 Å². The molecule has 8 heteroatoms. The average molecular weight is 405 g/mol. The van der Waals surface area contributed by atoms with Crippen molar-refractivity contribution in [2.24, 2.45) is 0 Å². The van der Waals surface area contributed by atoms with Gasteiger partial charge in [-0.1, -0.05) is 18.2 Å². The Bertz CT molecular complexity index is 1050. The molecule has 2 heterocycles. The monoisotopic (exact) mass is 405 g/mol. The van der Waals surface area contributed by atoms with Gasteiger partial charge in [0.05, 0.1) is 16.9 Å². The molecule has 2 aromatic carbocycles. The summed E-state index contributed by atoms with van der Waals surface area (Å²) in [7, 11) is 0. The maximum Gasteiger partial charge on any atom is 0.319 e. The number of anilines is 1. The largest absolute Gasteiger partial charge is 0.487 e. The van der Waals surface area contributed by atoms with Gasteiger partial charge in [0.25, 0.3) is 0 Å². The van der Waals surface area contributed by atoms with E-state index in [0.29, 0.717) is 24.6 Å². The Labute approximate surface area is 172 Å². The zero-order chi connectivity index (χ0) is 19.9. The van der Waals surface area contributed by atoms with Crippen LogP contribution in [0, 0.1) is 0 Å². The van der Waals surface area contributed by atoms with Crippen LogP contribution in [0.1, 0.15) is 11.3 Å². The zero-order valence-electron chi connectivity index (χ0n) is 15.5. The number of urea groups is 1. The molecule has 146 valence electrons. The molecule has 0 aliphatic heterocycles. The first-order chi connectivity index (χ1) is 14.3. The molecular weight excluding hydrogens is 386 g/mol. The van der Waals surface area contributed by atoms with Crippen molar-refractivity contribution in [3.05, 3.63) is 89.1 Å². The smallest absolute Gasteiger partial charge is 0.319 e. The number of benzene rings is 2. The fourth-order valence-electron chi connectivity index (χ4n) is 2.68. The van der Waals surface area contributed by atoms with Gasteiger partial charge in [0.2, 0.25) is 0 Å². The highest BCUT2D eigenvalue weighted by Gasteiger charge is 2.05. The van der Waals surface area contributed by atoms with E-state index in [0.717, 1.165) is 16.9 Å². The lowest BCUT2D eigenvalue weighted by molar-refractivity contribution is 0.251. The van der Waals surface area contributed by atoms with Crippen molar-refractivity contribution in [1.82, 2.24) is 20.1 Å². The number of hydrogen-bond acceptors (Lipinski definition) is 5. The summed E-state index contributed by atoms with van der Waals surface area (Å²) < 4.78 is 7.49. The van der Waals surface area contributed by atoms with Gasteiger partial charge in [0.15, 0.2) is 0 Å². The molecular formula is C21H19N5O2S. The molecule has 0 fully saturated rings. The summed E-state index contributed by atoms with van der Waals surface area (Å²) in [6.07, 6.45) is 3.62. The van der Waals surface area contributed by atoms with Crippen LogP contribution >= 0.6 is 11.3 Å². The van der Waals surface area contributed by atoms with Crippen LogP contribution in [0.15, 0.2) is 77.9 Å². The maximum absolute atomic E-state index is 12.2. The number of carbonyl (C=O) groups excluding carboxylic acids is 1. The quantitative estimate of drug-likeness (QED) is 0.482. The lowest BCUT2D eigenvalue weighted by atomic mass is 10.2. The molecule has 0 radical (unpaired) electrons. The first-order valence-electron chi connectivity index (χ1n) is 9.00. The standard InChI is InChI=1S/C21H19N5O2S/c27-21(22-12-16-5-7-19(8-6-16)26-10-2-9-24-26)25-17-3-1-4-20(11-17)28-13-18-14-29-15-23-18/h1-11,14-15H,12-13H2,(H2,22,25,27). The van der Waals surface area contributed by atoms with E-state index in [1.165, 1.54) is 11.3 Å². The van der Waals surface area contributed by atoms with Crippen molar-refractivity contribution in [2.45, 2.75) is 13.2 Å². The molecule has 4 rings (SSSR count). The second-order valence-electron chi connectivity index (χ2n) is 6.22. The highest BCUT2D eigenvalue weighted by Crippen LogP contribution is 2.18. The third-order valence-electron chi connectivity index (χ3n) is 4.12. The first kappa shape index (κ1) is 18.7. The van der Waals surface area contributed by atoms with Crippen LogP contribution in [0.3, 0.4) is 0 Å². The molecule has 0 spiro atoms. The predicted molar refractivity (Wildman–Crippen MR) is 112 cm³/mol. The molecule has 0 bridgehead atoms. The van der Waals surface area contributed by atoms with Gasteiger partial charge in [0.1, 0.15) is 12.4 Å². The van der Waals surface area contributed by atoms with Gasteiger partial charge in [-0.05, 0) is 35.9 Å². The van der Waals surface area contributed by atoms with Crippen molar-refractivity contribution in [2.75, 3.05) is 5.32 Å². The highest BCUT2D eigenvalue weighted by atomic mass is 32.1. The van der Waals surface area contributed by atoms with Crippen molar-refractivity contribution in [1.29, 1.82) is 0 Å². The Kier molecular flexibility index (Phi) is 5.82. The number of ether oxygens (including phenoxy) is 1. The number of aromatic nitrogens is 3. The minimum absolute atomic E-state index is 0.280. The van der Waals surface area contributed by atoms with Crippen molar-refractivity contribution in [3.63, 3.8) is 0 Å². The van der Waals surface area contributed by atoms with Crippen LogP contribution in [0.2, 0.25) is 0 Å². The summed E-state index contributed by atoms with van der Waals surface area (Å²) in [5.74, 6) is 0.671. The second-order valence-corrected chi connectivity index (χ2v) is 6.94. The summed E-state index contributed by atoms with van der Waals surface area (Å²) >= 11 is 1.53. The molecule has 0 unspecified atom stereocenters. The number of hydrogen-bond donors (Lipinski definition) is 2. The van der Waals surface area contributed by atoms with Crippen molar-refractivity contribution >= 4 is 23.1 Å². The molecule has 0 saturated heterocycles. The van der Waals surface area contributed by atoms with E-state index >= 15 is 0 Å². The second kappa shape index (κ2) is 9.03. The molecule has 0 atom stereocenters. The predicted octanol–water partition coefficient (Wildman–Crippen LogP) is 4.23. The topological polar surface area (TPSA) is 81.1 Å². The molecule has 2 aromatic heterocycles. The van der Waals surface area contributed by atoms with Crippen molar-refractivity contribution in [3.8, 4) is 11.4 Å². The Morgan fingerprint density at radius 1 is 1.14 bits per heavy atom. The molecule has 0 saturated carbocycles. The Morgan fingerprint density at radius 2 is 2.03 bits per heavy atom. The van der Waals surface area contributed by atoms with Crippen LogP contribution in [0.4, 0.5) is 10.5 Å². The normalized spacial score (nSPS) is 10.5. The van der Waals surface area contributed by atoms with Gasteiger partial charge >= 0.3 is 6.03 Å². The molecule has 2 amide bonds. The fraction of sp³-hybridized carbons (Fsp3) is 0.0952. The minimum Gasteiger partial charge on any atom is -0.487 e. The summed E-state index contributed by atoms with van der Waals surface area (Å²) in [6.45, 7) is 0.818. The molecule has 2 N–H and O–H groups in total. The first-order valence-corrected chi connectivity index (χ1v) is 9.94. The summed E-state index contributed by atoms with van der Waals surface area (Å²) in [4.78, 5) is 16.4. The van der Waals surface area contributed by atoms with E-state index < -0.39 is 0 Å². The lowest BCUT2D eigenvalue weighted by Crippen LogP contribution is -2.28. The van der Waals surface area contributed by atoms with Crippen LogP contribution < -0.4 is 15.4 Å².